The zero-order valence-electron chi connectivity index (χ0n) is 23.1. The lowest BCUT2D eigenvalue weighted by Gasteiger charge is -2.22. The highest BCUT2D eigenvalue weighted by Gasteiger charge is 2.43. The summed E-state index contributed by atoms with van der Waals surface area (Å²) in [5, 5.41) is 17.5. The van der Waals surface area contributed by atoms with E-state index < -0.39 is 29.8 Å². The van der Waals surface area contributed by atoms with Gasteiger partial charge >= 0.3 is 18.2 Å². The fraction of sp³-hybridized carbons (Fsp3) is 0.467. The number of hydrogen-bond acceptors (Lipinski definition) is 6. The summed E-state index contributed by atoms with van der Waals surface area (Å²) in [7, 11) is 0. The molecule has 40 heavy (non-hydrogen) atoms. The summed E-state index contributed by atoms with van der Waals surface area (Å²) in [6.07, 6.45) is 0.174. The Bertz CT molecular complexity index is 1220. The monoisotopic (exact) mass is 551 g/mol. The van der Waals surface area contributed by atoms with Gasteiger partial charge in [0.25, 0.3) is 0 Å². The molecule has 2 aliphatic carbocycles. The highest BCUT2D eigenvalue weighted by Crippen LogP contribution is 2.45. The van der Waals surface area contributed by atoms with E-state index in [2.05, 4.69) is 16.0 Å². The topological polar surface area (TPSA) is 143 Å². The van der Waals surface area contributed by atoms with Crippen molar-refractivity contribution in [1.29, 1.82) is 0 Å². The molecule has 3 amide bonds. The number of carboxylic acids is 1. The zero-order chi connectivity index (χ0) is 28.9. The summed E-state index contributed by atoms with van der Waals surface area (Å²) in [6.45, 7) is 6.15. The Labute approximate surface area is 233 Å². The minimum atomic E-state index is -1.27. The minimum absolute atomic E-state index is 0.0616. The number of carboxylic acid groups (broad SMARTS) is 1. The van der Waals surface area contributed by atoms with Gasteiger partial charge in [-0.05, 0) is 62.3 Å². The molecule has 10 nitrogen and oxygen atoms in total. The second-order valence-corrected chi connectivity index (χ2v) is 11.5. The summed E-state index contributed by atoms with van der Waals surface area (Å²) in [4.78, 5) is 48.6. The summed E-state index contributed by atoms with van der Waals surface area (Å²) in [6, 6.07) is 14.6. The Morgan fingerprint density at radius 1 is 0.925 bits per heavy atom. The van der Waals surface area contributed by atoms with Gasteiger partial charge in [-0.15, -0.1) is 0 Å². The van der Waals surface area contributed by atoms with E-state index >= 15 is 0 Å². The molecule has 2 aromatic rings. The van der Waals surface area contributed by atoms with Gasteiger partial charge in [0.05, 0.1) is 0 Å². The van der Waals surface area contributed by atoms with Crippen molar-refractivity contribution in [3.05, 3.63) is 59.7 Å². The van der Waals surface area contributed by atoms with Gasteiger partial charge in [-0.2, -0.15) is 0 Å². The van der Waals surface area contributed by atoms with Gasteiger partial charge in [0.1, 0.15) is 18.2 Å². The van der Waals surface area contributed by atoms with E-state index in [-0.39, 0.29) is 36.7 Å². The second kappa shape index (κ2) is 12.0. The summed E-state index contributed by atoms with van der Waals surface area (Å²) in [5.74, 6) is -1.72. The number of carbonyl (C=O) groups excluding carboxylic acids is 3. The van der Waals surface area contributed by atoms with Crippen LogP contribution in [0.25, 0.3) is 11.1 Å². The molecule has 0 saturated heterocycles. The van der Waals surface area contributed by atoms with Crippen LogP contribution in [-0.2, 0) is 19.1 Å². The van der Waals surface area contributed by atoms with Crippen LogP contribution in [0.5, 0.6) is 0 Å². The lowest BCUT2D eigenvalue weighted by molar-refractivity contribution is -0.139. The van der Waals surface area contributed by atoms with E-state index in [1.807, 2.05) is 48.5 Å². The minimum Gasteiger partial charge on any atom is -0.480 e. The smallest absolute Gasteiger partial charge is 0.407 e. The number of nitrogens with one attached hydrogen (secondary N) is 3. The Kier molecular flexibility index (Phi) is 8.66. The number of fused-ring (bicyclic) bond motifs is 3. The second-order valence-electron chi connectivity index (χ2n) is 11.5. The van der Waals surface area contributed by atoms with E-state index in [1.54, 1.807) is 20.8 Å². The Morgan fingerprint density at radius 2 is 1.50 bits per heavy atom. The number of ether oxygens (including phenoxy) is 2. The lowest BCUT2D eigenvalue weighted by Crippen LogP contribution is -2.43. The first-order valence-electron chi connectivity index (χ1n) is 13.5. The number of aliphatic carboxylic acids is 1. The molecular weight excluding hydrogens is 514 g/mol. The molecule has 1 fully saturated rings. The van der Waals surface area contributed by atoms with E-state index in [0.29, 0.717) is 13.1 Å². The molecule has 1 atom stereocenters. The van der Waals surface area contributed by atoms with E-state index in [0.717, 1.165) is 35.1 Å². The molecule has 0 spiro atoms. The maximum atomic E-state index is 12.5. The predicted octanol–water partition coefficient (Wildman–Crippen LogP) is 4.18. The molecule has 0 unspecified atom stereocenters. The van der Waals surface area contributed by atoms with E-state index in [1.165, 1.54) is 0 Å². The summed E-state index contributed by atoms with van der Waals surface area (Å²) < 4.78 is 10.7. The molecule has 2 aromatic carbocycles. The first-order valence-corrected chi connectivity index (χ1v) is 13.5. The molecule has 0 radical (unpaired) electrons. The van der Waals surface area contributed by atoms with Crippen molar-refractivity contribution in [2.24, 2.45) is 5.41 Å². The van der Waals surface area contributed by atoms with E-state index in [4.69, 9.17) is 9.47 Å². The molecule has 2 aliphatic rings. The average Bonchev–Trinajstić information content (AvgIpc) is 3.61. The highest BCUT2D eigenvalue weighted by atomic mass is 16.6. The molecule has 10 heteroatoms. The maximum Gasteiger partial charge on any atom is 0.407 e. The average molecular weight is 552 g/mol. The van der Waals surface area contributed by atoms with Crippen molar-refractivity contribution in [3.8, 4) is 11.1 Å². The van der Waals surface area contributed by atoms with Gasteiger partial charge in [-0.3, -0.25) is 4.79 Å². The van der Waals surface area contributed by atoms with Crippen molar-refractivity contribution in [2.45, 2.75) is 64.0 Å². The third-order valence-corrected chi connectivity index (χ3v) is 7.22. The maximum absolute atomic E-state index is 12.5. The number of amides is 3. The van der Waals surface area contributed by atoms with Gasteiger partial charge in [-0.1, -0.05) is 48.5 Å². The standard InChI is InChI=1S/C30H37N3O7/c1-29(2,3)40-27(37)32-18-30(14-15-30)17-31-25(34)13-12-24(26(35)36)33-28(38)39-16-23-21-10-6-4-8-19(21)20-9-5-7-11-22(20)23/h4-11,23-24H,12-18H2,1-3H3,(H,31,34)(H,32,37)(H,33,38)(H,35,36)/t24-/m0/s1. The van der Waals surface area contributed by atoms with Gasteiger partial charge in [0, 0.05) is 30.8 Å². The van der Waals surface area contributed by atoms with E-state index in [9.17, 15) is 24.3 Å². The normalized spacial score (nSPS) is 15.7. The van der Waals surface area contributed by atoms with Gasteiger partial charge in [0.15, 0.2) is 0 Å². The van der Waals surface area contributed by atoms with Crippen LogP contribution in [-0.4, -0.2) is 60.5 Å². The van der Waals surface area contributed by atoms with Crippen LogP contribution in [0.4, 0.5) is 9.59 Å². The van der Waals surface area contributed by atoms with Crippen molar-refractivity contribution in [2.75, 3.05) is 19.7 Å². The number of benzene rings is 2. The fourth-order valence-electron chi connectivity index (χ4n) is 4.86. The van der Waals surface area contributed by atoms with Crippen LogP contribution in [0.2, 0.25) is 0 Å². The largest absolute Gasteiger partial charge is 0.480 e. The Balaban J connectivity index is 1.21. The SMILES string of the molecule is CC(C)(C)OC(=O)NCC1(CNC(=O)CC[C@H](NC(=O)OCC2c3ccccc3-c3ccccc32)C(=O)O)CC1. The number of alkyl carbamates (subject to hydrolysis) is 2. The fourth-order valence-corrected chi connectivity index (χ4v) is 4.86. The zero-order valence-corrected chi connectivity index (χ0v) is 23.1. The third kappa shape index (κ3) is 7.52. The van der Waals surface area contributed by atoms with Crippen molar-refractivity contribution in [1.82, 2.24) is 16.0 Å². The number of carbonyl (C=O) groups is 4. The number of hydrogen-bond donors (Lipinski definition) is 4. The highest BCUT2D eigenvalue weighted by molar-refractivity contribution is 5.82. The van der Waals surface area contributed by atoms with Crippen LogP contribution in [0, 0.1) is 5.41 Å². The predicted molar refractivity (Wildman–Crippen MR) is 148 cm³/mol. The number of rotatable bonds is 11. The van der Waals surface area contributed by atoms with Crippen LogP contribution in [0.15, 0.2) is 48.5 Å². The Hall–Kier alpha value is -4.08. The molecule has 0 aromatic heterocycles. The molecule has 0 bridgehead atoms. The van der Waals surface area contributed by atoms with Crippen LogP contribution in [0.3, 0.4) is 0 Å². The molecule has 214 valence electrons. The Morgan fingerprint density at radius 3 is 2.05 bits per heavy atom. The van der Waals surface area contributed by atoms with Gasteiger partial charge < -0.3 is 30.5 Å². The molecule has 0 aliphatic heterocycles. The summed E-state index contributed by atoms with van der Waals surface area (Å²) >= 11 is 0. The first kappa shape index (κ1) is 28.9. The van der Waals surface area contributed by atoms with Gasteiger partial charge in [-0.25, -0.2) is 14.4 Å². The van der Waals surface area contributed by atoms with Crippen LogP contribution >= 0.6 is 0 Å². The first-order chi connectivity index (χ1) is 19.0. The van der Waals surface area contributed by atoms with Gasteiger partial charge in [0.2, 0.25) is 5.91 Å². The molecule has 4 N–H and O–H groups in total. The quantitative estimate of drug-likeness (QED) is 0.328. The van der Waals surface area contributed by atoms with Crippen LogP contribution < -0.4 is 16.0 Å². The third-order valence-electron chi connectivity index (χ3n) is 7.22. The van der Waals surface area contributed by atoms with Crippen molar-refractivity contribution >= 4 is 24.1 Å². The molecule has 0 heterocycles. The van der Waals surface area contributed by atoms with Crippen molar-refractivity contribution in [3.63, 3.8) is 0 Å². The summed E-state index contributed by atoms with van der Waals surface area (Å²) in [5.41, 5.74) is 3.47. The molecular formula is C30H37N3O7. The lowest BCUT2D eigenvalue weighted by atomic mass is 9.98. The molecule has 1 saturated carbocycles. The van der Waals surface area contributed by atoms with Crippen LogP contribution in [0.1, 0.15) is 63.5 Å². The molecule has 4 rings (SSSR count). The van der Waals surface area contributed by atoms with Crippen molar-refractivity contribution < 1.29 is 33.8 Å².